The van der Waals surface area contributed by atoms with Crippen LogP contribution in [0.2, 0.25) is 0 Å². The Hall–Kier alpha value is -0.410. The van der Waals surface area contributed by atoms with Gasteiger partial charge >= 0.3 is 11.6 Å². The molecule has 0 aromatic carbocycles. The van der Waals surface area contributed by atoms with Crippen LogP contribution in [0.25, 0.3) is 0 Å². The molecule has 0 unspecified atom stereocenters. The van der Waals surface area contributed by atoms with Gasteiger partial charge in [0.15, 0.2) is 0 Å². The molecule has 1 aromatic rings. The van der Waals surface area contributed by atoms with E-state index in [1.165, 1.54) is 11.4 Å². The van der Waals surface area contributed by atoms with Crippen molar-refractivity contribution in [3.8, 4) is 0 Å². The van der Waals surface area contributed by atoms with Crippen molar-refractivity contribution in [2.75, 3.05) is 0 Å². The molecule has 0 fully saturated rings. The molecule has 0 atom stereocenters. The van der Waals surface area contributed by atoms with E-state index in [0.717, 1.165) is 6.07 Å². The first-order chi connectivity index (χ1) is 5.92. The number of alkyl halides is 4. The fraction of sp³-hybridized carbons (Fsp3) is 0.286. The third-order valence-electron chi connectivity index (χ3n) is 1.41. The molecule has 0 N–H and O–H groups in total. The van der Waals surface area contributed by atoms with Gasteiger partial charge in [-0.2, -0.15) is 17.6 Å². The Morgan fingerprint density at radius 2 is 1.92 bits per heavy atom. The molecule has 1 aromatic heterocycles. The summed E-state index contributed by atoms with van der Waals surface area (Å²) in [6.45, 7) is 0. The van der Waals surface area contributed by atoms with Crippen molar-refractivity contribution < 1.29 is 17.6 Å². The van der Waals surface area contributed by atoms with Crippen LogP contribution in [0.5, 0.6) is 0 Å². The van der Waals surface area contributed by atoms with Crippen LogP contribution in [0.4, 0.5) is 17.6 Å². The topological polar surface area (TPSA) is 0 Å². The zero-order valence-corrected chi connectivity index (χ0v) is 8.02. The maximum Gasteiger partial charge on any atom is 0.353 e. The summed E-state index contributed by atoms with van der Waals surface area (Å²) < 4.78 is 51.3. The van der Waals surface area contributed by atoms with Crippen molar-refractivity contribution in [3.05, 3.63) is 22.4 Å². The summed E-state index contributed by atoms with van der Waals surface area (Å²) in [5, 5.41) is 1.33. The molecule has 6 heteroatoms. The lowest BCUT2D eigenvalue weighted by atomic mass is 10.3. The lowest BCUT2D eigenvalue weighted by Gasteiger charge is -2.21. The van der Waals surface area contributed by atoms with E-state index in [-0.39, 0.29) is 0 Å². The molecule has 0 spiro atoms. The smallest absolute Gasteiger partial charge is 0.193 e. The predicted octanol–water partition coefficient (Wildman–Crippen LogP) is 3.81. The third kappa shape index (κ3) is 1.76. The van der Waals surface area contributed by atoms with Gasteiger partial charge < -0.3 is 0 Å². The number of halogens is 4. The largest absolute Gasteiger partial charge is 0.353 e. The monoisotopic (exact) mass is 228 g/mol. The van der Waals surface area contributed by atoms with E-state index in [2.05, 4.69) is 6.30 Å². The molecule has 0 aliphatic carbocycles. The Balaban J connectivity index is 3.08. The van der Waals surface area contributed by atoms with E-state index in [4.69, 9.17) is 0 Å². The maximum atomic E-state index is 13.0. The highest BCUT2D eigenvalue weighted by Crippen LogP contribution is 2.50. The first kappa shape index (κ1) is 10.7. The summed E-state index contributed by atoms with van der Waals surface area (Å²) in [5.74, 6) is -4.12. The standard InChI is InChI=1S/C7H5F4PS/c1-12-7(10,11)6(8,9)5-3-2-4-13-5/h2-4H,1H2. The molecular formula is C7H5F4PS. The molecule has 0 saturated carbocycles. The normalized spacial score (nSPS) is 13.5. The van der Waals surface area contributed by atoms with Gasteiger partial charge in [-0.3, -0.25) is 0 Å². The van der Waals surface area contributed by atoms with Crippen LogP contribution in [0.3, 0.4) is 0 Å². The average Bonchev–Trinajstić information content (AvgIpc) is 2.56. The van der Waals surface area contributed by atoms with Gasteiger partial charge in [-0.05, 0) is 19.7 Å². The molecule has 0 aliphatic heterocycles. The molecule has 1 rings (SSSR count). The lowest BCUT2D eigenvalue weighted by Crippen LogP contribution is -2.31. The third-order valence-corrected chi connectivity index (χ3v) is 3.02. The molecule has 0 aliphatic rings. The summed E-state index contributed by atoms with van der Waals surface area (Å²) in [6.07, 6.45) is 2.78. The summed E-state index contributed by atoms with van der Waals surface area (Å²) >= 11 is 0.610. The molecule has 72 valence electrons. The number of rotatable bonds is 3. The SMILES string of the molecule is C=PC(F)(F)C(F)(F)c1cccs1. The molecule has 0 bridgehead atoms. The zero-order valence-electron chi connectivity index (χ0n) is 6.31. The summed E-state index contributed by atoms with van der Waals surface area (Å²) in [7, 11) is -0.874. The lowest BCUT2D eigenvalue weighted by molar-refractivity contribution is -0.157. The fourth-order valence-corrected chi connectivity index (χ4v) is 1.84. The Bertz CT molecular complexity index is 293. The highest BCUT2D eigenvalue weighted by molar-refractivity contribution is 7.38. The van der Waals surface area contributed by atoms with Crippen molar-refractivity contribution in [3.63, 3.8) is 0 Å². The van der Waals surface area contributed by atoms with Crippen LogP contribution in [0.15, 0.2) is 17.5 Å². The van der Waals surface area contributed by atoms with Gasteiger partial charge in [-0.1, -0.05) is 12.4 Å². The summed E-state index contributed by atoms with van der Waals surface area (Å²) in [6, 6.07) is 2.30. The number of thiophene rings is 1. The second-order valence-corrected chi connectivity index (χ2v) is 4.08. The van der Waals surface area contributed by atoms with Crippen LogP contribution in [0, 0.1) is 0 Å². The number of hydrogen-bond acceptors (Lipinski definition) is 1. The minimum absolute atomic E-state index is 0.610. The predicted molar refractivity (Wildman–Crippen MR) is 47.2 cm³/mol. The van der Waals surface area contributed by atoms with Gasteiger partial charge in [0, 0.05) is 0 Å². The van der Waals surface area contributed by atoms with Gasteiger partial charge in [0.25, 0.3) is 0 Å². The minimum atomic E-state index is -4.12. The van der Waals surface area contributed by atoms with Crippen LogP contribution in [0.1, 0.15) is 4.88 Å². The van der Waals surface area contributed by atoms with Crippen LogP contribution in [-0.2, 0) is 5.92 Å². The van der Waals surface area contributed by atoms with Crippen LogP contribution >= 0.6 is 19.5 Å². The first-order valence-corrected chi connectivity index (χ1v) is 5.15. The van der Waals surface area contributed by atoms with Gasteiger partial charge in [0.2, 0.25) is 0 Å². The Morgan fingerprint density at radius 1 is 1.31 bits per heavy atom. The summed E-state index contributed by atoms with van der Waals surface area (Å²) in [5.41, 5.74) is -4.10. The fourth-order valence-electron chi connectivity index (χ4n) is 0.705. The van der Waals surface area contributed by atoms with E-state index >= 15 is 0 Å². The molecule has 0 radical (unpaired) electrons. The van der Waals surface area contributed by atoms with Crippen molar-refractivity contribution in [1.82, 2.24) is 0 Å². The molecule has 0 saturated heterocycles. The van der Waals surface area contributed by atoms with Gasteiger partial charge in [0.1, 0.15) is 0 Å². The van der Waals surface area contributed by atoms with Gasteiger partial charge in [0.05, 0.1) is 4.88 Å². The molecule has 0 amide bonds. The van der Waals surface area contributed by atoms with Crippen molar-refractivity contribution in [2.45, 2.75) is 11.6 Å². The Kier molecular flexibility index (Phi) is 2.78. The highest BCUT2D eigenvalue weighted by Gasteiger charge is 2.56. The molecule has 13 heavy (non-hydrogen) atoms. The van der Waals surface area contributed by atoms with E-state index in [0.29, 0.717) is 11.3 Å². The van der Waals surface area contributed by atoms with E-state index in [9.17, 15) is 17.6 Å². The second kappa shape index (κ2) is 3.39. The summed E-state index contributed by atoms with van der Waals surface area (Å²) in [4.78, 5) is -0.631. The van der Waals surface area contributed by atoms with Crippen molar-refractivity contribution >= 4 is 25.8 Å². The van der Waals surface area contributed by atoms with Crippen molar-refractivity contribution in [1.29, 1.82) is 0 Å². The Morgan fingerprint density at radius 3 is 2.31 bits per heavy atom. The molecule has 0 nitrogen and oxygen atoms in total. The Labute approximate surface area is 78.0 Å². The van der Waals surface area contributed by atoms with E-state index in [1.807, 2.05) is 0 Å². The second-order valence-electron chi connectivity index (χ2n) is 2.25. The van der Waals surface area contributed by atoms with Crippen molar-refractivity contribution in [2.24, 2.45) is 0 Å². The maximum absolute atomic E-state index is 13.0. The van der Waals surface area contributed by atoms with Crippen LogP contribution < -0.4 is 0 Å². The first-order valence-electron chi connectivity index (χ1n) is 3.19. The molecule has 1 heterocycles. The minimum Gasteiger partial charge on any atom is -0.193 e. The highest BCUT2D eigenvalue weighted by atomic mass is 32.1. The van der Waals surface area contributed by atoms with Gasteiger partial charge in [-0.25, -0.2) is 0 Å². The van der Waals surface area contributed by atoms with Gasteiger partial charge in [-0.15, -0.1) is 11.3 Å². The molecular weight excluding hydrogens is 223 g/mol. The van der Waals surface area contributed by atoms with E-state index < -0.39 is 24.7 Å². The zero-order chi connectivity index (χ0) is 10.1. The quantitative estimate of drug-likeness (QED) is 0.545. The number of hydrogen-bond donors (Lipinski definition) is 0. The average molecular weight is 228 g/mol. The van der Waals surface area contributed by atoms with E-state index in [1.54, 1.807) is 0 Å². The van der Waals surface area contributed by atoms with Crippen LogP contribution in [-0.4, -0.2) is 12.0 Å².